The van der Waals surface area contributed by atoms with Gasteiger partial charge in [-0.3, -0.25) is 0 Å². The summed E-state index contributed by atoms with van der Waals surface area (Å²) in [5, 5.41) is 3.17. The Balaban J connectivity index is 2.40. The molecule has 0 spiro atoms. The van der Waals surface area contributed by atoms with Gasteiger partial charge in [0.2, 0.25) is 0 Å². The number of aryl methyl sites for hydroxylation is 1. The van der Waals surface area contributed by atoms with Crippen molar-refractivity contribution in [3.05, 3.63) is 46.3 Å². The zero-order valence-corrected chi connectivity index (χ0v) is 10.7. The molecule has 4 nitrogen and oxygen atoms in total. The van der Waals surface area contributed by atoms with Crippen molar-refractivity contribution >= 4 is 15.9 Å². The molecule has 2 heterocycles. The van der Waals surface area contributed by atoms with Crippen LogP contribution in [0.25, 0.3) is 0 Å². The van der Waals surface area contributed by atoms with Crippen LogP contribution in [0.1, 0.15) is 23.3 Å². The molecule has 0 aliphatic heterocycles. The van der Waals surface area contributed by atoms with Gasteiger partial charge in [0.1, 0.15) is 17.6 Å². The van der Waals surface area contributed by atoms with Gasteiger partial charge in [0, 0.05) is 6.20 Å². The summed E-state index contributed by atoms with van der Waals surface area (Å²) in [5.74, 6) is 1.57. The first kappa shape index (κ1) is 11.3. The van der Waals surface area contributed by atoms with E-state index in [1.165, 1.54) is 0 Å². The zero-order valence-electron chi connectivity index (χ0n) is 9.07. The normalized spacial score (nSPS) is 12.7. The molecule has 0 saturated heterocycles. The van der Waals surface area contributed by atoms with Crippen LogP contribution in [-0.2, 0) is 0 Å². The molecular formula is C11H12BrN3O. The molecule has 0 aliphatic rings. The molecule has 0 aliphatic carbocycles. The molecule has 0 saturated carbocycles. The highest BCUT2D eigenvalue weighted by atomic mass is 79.9. The van der Waals surface area contributed by atoms with Crippen molar-refractivity contribution in [1.29, 1.82) is 0 Å². The van der Waals surface area contributed by atoms with Crippen LogP contribution in [0.5, 0.6) is 0 Å². The Morgan fingerprint density at radius 2 is 2.25 bits per heavy atom. The van der Waals surface area contributed by atoms with Gasteiger partial charge in [0.25, 0.3) is 0 Å². The maximum atomic E-state index is 5.44. The van der Waals surface area contributed by atoms with Crippen LogP contribution in [0.15, 0.2) is 33.5 Å². The first-order valence-electron chi connectivity index (χ1n) is 4.92. The Kier molecular flexibility index (Phi) is 3.36. The van der Waals surface area contributed by atoms with Crippen molar-refractivity contribution in [2.75, 3.05) is 7.05 Å². The molecule has 5 heteroatoms. The second kappa shape index (κ2) is 4.76. The molecule has 2 aromatic heterocycles. The Labute approximate surface area is 102 Å². The highest BCUT2D eigenvalue weighted by Crippen LogP contribution is 2.28. The Morgan fingerprint density at radius 1 is 1.44 bits per heavy atom. The smallest absolute Gasteiger partial charge is 0.140 e. The average molecular weight is 282 g/mol. The van der Waals surface area contributed by atoms with Crippen LogP contribution in [-0.4, -0.2) is 17.0 Å². The second-order valence-corrected chi connectivity index (χ2v) is 4.24. The lowest BCUT2D eigenvalue weighted by Crippen LogP contribution is -2.19. The van der Waals surface area contributed by atoms with E-state index in [0.29, 0.717) is 0 Å². The number of nitrogens with zero attached hydrogens (tertiary/aromatic N) is 2. The SMILES string of the molecule is CNC(c1ccnc(C)n1)c1occc1Br. The minimum atomic E-state index is -0.0638. The van der Waals surface area contributed by atoms with Crippen molar-refractivity contribution in [3.63, 3.8) is 0 Å². The summed E-state index contributed by atoms with van der Waals surface area (Å²) in [6, 6.07) is 3.68. The lowest BCUT2D eigenvalue weighted by molar-refractivity contribution is 0.455. The van der Waals surface area contributed by atoms with Crippen molar-refractivity contribution < 1.29 is 4.42 Å². The van der Waals surface area contributed by atoms with Crippen molar-refractivity contribution in [1.82, 2.24) is 15.3 Å². The van der Waals surface area contributed by atoms with Crippen molar-refractivity contribution in [2.45, 2.75) is 13.0 Å². The monoisotopic (exact) mass is 281 g/mol. The predicted molar refractivity (Wildman–Crippen MR) is 64.1 cm³/mol. The number of nitrogens with one attached hydrogen (secondary N) is 1. The molecule has 2 rings (SSSR count). The standard InChI is InChI=1S/C11H12BrN3O/c1-7-14-5-3-9(15-7)10(13-2)11-8(12)4-6-16-11/h3-6,10,13H,1-2H3. The molecule has 1 N–H and O–H groups in total. The molecule has 84 valence electrons. The highest BCUT2D eigenvalue weighted by molar-refractivity contribution is 9.10. The molecular weight excluding hydrogens is 270 g/mol. The van der Waals surface area contributed by atoms with Crippen LogP contribution in [0, 0.1) is 6.92 Å². The summed E-state index contributed by atoms with van der Waals surface area (Å²) in [6.45, 7) is 1.87. The van der Waals surface area contributed by atoms with Gasteiger partial charge in [-0.05, 0) is 42.0 Å². The molecule has 0 radical (unpaired) electrons. The summed E-state index contributed by atoms with van der Waals surface area (Å²) in [7, 11) is 1.87. The van der Waals surface area contributed by atoms with Gasteiger partial charge >= 0.3 is 0 Å². The van der Waals surface area contributed by atoms with E-state index in [-0.39, 0.29) is 6.04 Å². The summed E-state index contributed by atoms with van der Waals surface area (Å²) < 4.78 is 6.38. The third kappa shape index (κ3) is 2.15. The predicted octanol–water partition coefficient (Wildman–Crippen LogP) is 2.45. The van der Waals surface area contributed by atoms with E-state index in [1.54, 1.807) is 12.5 Å². The highest BCUT2D eigenvalue weighted by Gasteiger charge is 2.19. The first-order chi connectivity index (χ1) is 7.72. The number of aromatic nitrogens is 2. The first-order valence-corrected chi connectivity index (χ1v) is 5.71. The minimum Gasteiger partial charge on any atom is -0.466 e. The average Bonchev–Trinajstić information content (AvgIpc) is 2.67. The van der Waals surface area contributed by atoms with E-state index < -0.39 is 0 Å². The molecule has 1 atom stereocenters. The van der Waals surface area contributed by atoms with E-state index in [0.717, 1.165) is 21.8 Å². The lowest BCUT2D eigenvalue weighted by atomic mass is 10.1. The van der Waals surface area contributed by atoms with Gasteiger partial charge < -0.3 is 9.73 Å². The minimum absolute atomic E-state index is 0.0638. The summed E-state index contributed by atoms with van der Waals surface area (Å²) in [4.78, 5) is 8.47. The summed E-state index contributed by atoms with van der Waals surface area (Å²) in [6.07, 6.45) is 3.40. The summed E-state index contributed by atoms with van der Waals surface area (Å²) >= 11 is 3.45. The molecule has 0 fully saturated rings. The van der Waals surface area contributed by atoms with Crippen LogP contribution < -0.4 is 5.32 Å². The molecule has 0 aromatic carbocycles. The van der Waals surface area contributed by atoms with Crippen molar-refractivity contribution in [2.24, 2.45) is 0 Å². The Bertz CT molecular complexity index is 484. The molecule has 16 heavy (non-hydrogen) atoms. The second-order valence-electron chi connectivity index (χ2n) is 3.38. The van der Waals surface area contributed by atoms with Crippen LogP contribution >= 0.6 is 15.9 Å². The molecule has 1 unspecified atom stereocenters. The summed E-state index contributed by atoms with van der Waals surface area (Å²) in [5.41, 5.74) is 0.894. The lowest BCUT2D eigenvalue weighted by Gasteiger charge is -2.13. The number of furan rings is 1. The quantitative estimate of drug-likeness (QED) is 0.939. The third-order valence-electron chi connectivity index (χ3n) is 2.29. The van der Waals surface area contributed by atoms with Crippen LogP contribution in [0.4, 0.5) is 0 Å². The van der Waals surface area contributed by atoms with E-state index in [2.05, 4.69) is 31.2 Å². The van der Waals surface area contributed by atoms with Gasteiger partial charge in [-0.15, -0.1) is 0 Å². The zero-order chi connectivity index (χ0) is 11.5. The molecule has 0 bridgehead atoms. The topological polar surface area (TPSA) is 51.0 Å². The number of rotatable bonds is 3. The van der Waals surface area contributed by atoms with E-state index in [1.807, 2.05) is 26.1 Å². The fourth-order valence-electron chi connectivity index (χ4n) is 1.56. The fourth-order valence-corrected chi connectivity index (χ4v) is 1.99. The van der Waals surface area contributed by atoms with Crippen molar-refractivity contribution in [3.8, 4) is 0 Å². The number of halogens is 1. The van der Waals surface area contributed by atoms with Gasteiger partial charge in [0.05, 0.1) is 16.4 Å². The number of hydrogen-bond acceptors (Lipinski definition) is 4. The van der Waals surface area contributed by atoms with Gasteiger partial charge in [-0.25, -0.2) is 9.97 Å². The molecule has 0 amide bonds. The van der Waals surface area contributed by atoms with Gasteiger partial charge in [-0.2, -0.15) is 0 Å². The Hall–Kier alpha value is -1.20. The maximum absolute atomic E-state index is 5.44. The third-order valence-corrected chi connectivity index (χ3v) is 2.94. The fraction of sp³-hybridized carbons (Fsp3) is 0.273. The van der Waals surface area contributed by atoms with Gasteiger partial charge in [-0.1, -0.05) is 0 Å². The van der Waals surface area contributed by atoms with Crippen LogP contribution in [0.3, 0.4) is 0 Å². The largest absolute Gasteiger partial charge is 0.466 e. The Morgan fingerprint density at radius 3 is 2.81 bits per heavy atom. The molecule has 2 aromatic rings. The van der Waals surface area contributed by atoms with E-state index in [4.69, 9.17) is 4.42 Å². The van der Waals surface area contributed by atoms with E-state index in [9.17, 15) is 0 Å². The number of hydrogen-bond donors (Lipinski definition) is 1. The van der Waals surface area contributed by atoms with E-state index >= 15 is 0 Å². The maximum Gasteiger partial charge on any atom is 0.140 e. The van der Waals surface area contributed by atoms with Crippen LogP contribution in [0.2, 0.25) is 0 Å². The van der Waals surface area contributed by atoms with Gasteiger partial charge in [0.15, 0.2) is 0 Å².